The summed E-state index contributed by atoms with van der Waals surface area (Å²) in [5.74, 6) is -0.887. The molecule has 0 saturated heterocycles. The van der Waals surface area contributed by atoms with Gasteiger partial charge in [-0.25, -0.2) is 8.42 Å². The molecule has 0 radical (unpaired) electrons. The standard InChI is InChI=1S/C35H37Cl2N3O4S/c1-4-26(3)38-35(42)33(19-27-11-7-5-8-12-27)39(23-28-13-9-6-10-14-28)34(41)24-40(31-21-29(36)20-30(37)22-31)45(43,44)32-17-15-25(2)16-18-32/h5-18,20-22,26,33H,4,19,23-24H2,1-3H3,(H,38,42). The zero-order valence-electron chi connectivity index (χ0n) is 25.5. The predicted molar refractivity (Wildman–Crippen MR) is 181 cm³/mol. The van der Waals surface area contributed by atoms with Gasteiger partial charge in [-0.05, 0) is 61.7 Å². The number of hydrogen-bond donors (Lipinski definition) is 1. The maximum absolute atomic E-state index is 14.5. The third kappa shape index (κ3) is 9.10. The van der Waals surface area contributed by atoms with E-state index in [9.17, 15) is 18.0 Å². The second-order valence-corrected chi connectivity index (χ2v) is 13.7. The first-order valence-electron chi connectivity index (χ1n) is 14.7. The van der Waals surface area contributed by atoms with Crippen molar-refractivity contribution in [3.63, 3.8) is 0 Å². The Hall–Kier alpha value is -3.85. The van der Waals surface area contributed by atoms with Crippen molar-refractivity contribution in [2.75, 3.05) is 10.8 Å². The Kier molecular flexibility index (Phi) is 11.7. The van der Waals surface area contributed by atoms with Crippen molar-refractivity contribution in [3.8, 4) is 0 Å². The fourth-order valence-electron chi connectivity index (χ4n) is 4.82. The van der Waals surface area contributed by atoms with Crippen LogP contribution in [0.5, 0.6) is 0 Å². The average Bonchev–Trinajstić information content (AvgIpc) is 3.02. The van der Waals surface area contributed by atoms with Crippen molar-refractivity contribution < 1.29 is 18.0 Å². The maximum Gasteiger partial charge on any atom is 0.264 e. The maximum atomic E-state index is 14.5. The summed E-state index contributed by atoms with van der Waals surface area (Å²) in [5, 5.41) is 3.46. The number of rotatable bonds is 13. The van der Waals surface area contributed by atoms with Gasteiger partial charge in [-0.1, -0.05) is 108 Å². The normalized spacial score (nSPS) is 12.6. The molecular formula is C35H37Cl2N3O4S. The van der Waals surface area contributed by atoms with Crippen LogP contribution < -0.4 is 9.62 Å². The van der Waals surface area contributed by atoms with E-state index in [0.29, 0.717) is 6.42 Å². The molecule has 0 aliphatic heterocycles. The number of nitrogens with zero attached hydrogens (tertiary/aromatic N) is 2. The first-order valence-corrected chi connectivity index (χ1v) is 16.9. The lowest BCUT2D eigenvalue weighted by Crippen LogP contribution is -2.54. The highest BCUT2D eigenvalue weighted by Gasteiger charge is 2.35. The van der Waals surface area contributed by atoms with Gasteiger partial charge < -0.3 is 10.2 Å². The van der Waals surface area contributed by atoms with Gasteiger partial charge in [0.1, 0.15) is 12.6 Å². The van der Waals surface area contributed by atoms with Gasteiger partial charge in [-0.3, -0.25) is 13.9 Å². The molecule has 2 amide bonds. The molecule has 2 atom stereocenters. The van der Waals surface area contributed by atoms with E-state index in [0.717, 1.165) is 21.0 Å². The lowest BCUT2D eigenvalue weighted by Gasteiger charge is -2.34. The first kappa shape index (κ1) is 34.0. The quantitative estimate of drug-likeness (QED) is 0.166. The van der Waals surface area contributed by atoms with Crippen molar-refractivity contribution in [2.45, 2.75) is 57.1 Å². The number of aryl methyl sites for hydroxylation is 1. The third-order valence-electron chi connectivity index (χ3n) is 7.49. The molecule has 45 heavy (non-hydrogen) atoms. The van der Waals surface area contributed by atoms with Gasteiger partial charge in [0.05, 0.1) is 10.6 Å². The summed E-state index contributed by atoms with van der Waals surface area (Å²) in [4.78, 5) is 29.8. The number of carbonyl (C=O) groups is 2. The number of sulfonamides is 1. The number of hydrogen-bond acceptors (Lipinski definition) is 4. The molecule has 0 aromatic heterocycles. The van der Waals surface area contributed by atoms with Crippen molar-refractivity contribution in [3.05, 3.63) is 130 Å². The molecule has 0 heterocycles. The highest BCUT2D eigenvalue weighted by atomic mass is 35.5. The number of benzene rings is 4. The minimum atomic E-state index is -4.27. The second kappa shape index (κ2) is 15.4. The topological polar surface area (TPSA) is 86.8 Å². The van der Waals surface area contributed by atoms with Crippen LogP contribution in [0.25, 0.3) is 0 Å². The molecule has 0 saturated carbocycles. The minimum absolute atomic E-state index is 0.00181. The lowest BCUT2D eigenvalue weighted by atomic mass is 10.0. The van der Waals surface area contributed by atoms with Crippen LogP contribution in [0.4, 0.5) is 5.69 Å². The van der Waals surface area contributed by atoms with Gasteiger partial charge in [-0.15, -0.1) is 0 Å². The van der Waals surface area contributed by atoms with E-state index in [-0.39, 0.29) is 45.5 Å². The molecule has 0 spiro atoms. The molecule has 4 aromatic carbocycles. The molecule has 7 nitrogen and oxygen atoms in total. The molecule has 10 heteroatoms. The van der Waals surface area contributed by atoms with Gasteiger partial charge in [0.2, 0.25) is 11.8 Å². The van der Waals surface area contributed by atoms with Crippen LogP contribution in [0.1, 0.15) is 37.0 Å². The second-order valence-electron chi connectivity index (χ2n) is 11.0. The van der Waals surface area contributed by atoms with Crippen LogP contribution in [0, 0.1) is 6.92 Å². The van der Waals surface area contributed by atoms with E-state index in [1.165, 1.54) is 35.2 Å². The number of nitrogens with one attached hydrogen (secondary N) is 1. The number of amides is 2. The van der Waals surface area contributed by atoms with E-state index in [1.807, 2.05) is 81.4 Å². The molecular weight excluding hydrogens is 629 g/mol. The minimum Gasteiger partial charge on any atom is -0.352 e. The fraction of sp³-hybridized carbons (Fsp3) is 0.257. The van der Waals surface area contributed by atoms with Crippen LogP contribution >= 0.6 is 23.2 Å². The van der Waals surface area contributed by atoms with E-state index in [2.05, 4.69) is 5.32 Å². The predicted octanol–water partition coefficient (Wildman–Crippen LogP) is 7.05. The summed E-state index contributed by atoms with van der Waals surface area (Å²) in [7, 11) is -4.27. The van der Waals surface area contributed by atoms with Crippen LogP contribution in [-0.4, -0.2) is 43.8 Å². The Balaban J connectivity index is 1.82. The van der Waals surface area contributed by atoms with Crippen molar-refractivity contribution in [2.24, 2.45) is 0 Å². The van der Waals surface area contributed by atoms with Gasteiger partial charge in [-0.2, -0.15) is 0 Å². The van der Waals surface area contributed by atoms with Gasteiger partial charge in [0.15, 0.2) is 0 Å². The Bertz CT molecular complexity index is 1680. The zero-order valence-corrected chi connectivity index (χ0v) is 27.8. The Morgan fingerprint density at radius 1 is 0.822 bits per heavy atom. The van der Waals surface area contributed by atoms with Gasteiger partial charge in [0.25, 0.3) is 10.0 Å². The van der Waals surface area contributed by atoms with Crippen molar-refractivity contribution >= 4 is 50.7 Å². The summed E-state index contributed by atoms with van der Waals surface area (Å²) in [6.45, 7) is 5.21. The van der Waals surface area contributed by atoms with Crippen molar-refractivity contribution in [1.82, 2.24) is 10.2 Å². The Labute approximate surface area is 275 Å². The lowest BCUT2D eigenvalue weighted by molar-refractivity contribution is -0.140. The number of anilines is 1. The number of carbonyl (C=O) groups excluding carboxylic acids is 2. The van der Waals surface area contributed by atoms with Crippen LogP contribution in [0.3, 0.4) is 0 Å². The first-order chi connectivity index (χ1) is 21.5. The average molecular weight is 667 g/mol. The van der Waals surface area contributed by atoms with Crippen LogP contribution in [0.2, 0.25) is 10.0 Å². The largest absolute Gasteiger partial charge is 0.352 e. The number of halogens is 2. The molecule has 2 unspecified atom stereocenters. The van der Waals surface area contributed by atoms with Gasteiger partial charge in [0, 0.05) is 29.1 Å². The summed E-state index contributed by atoms with van der Waals surface area (Å²) in [6, 6.07) is 28.4. The highest BCUT2D eigenvalue weighted by molar-refractivity contribution is 7.92. The van der Waals surface area contributed by atoms with E-state index >= 15 is 0 Å². The smallest absolute Gasteiger partial charge is 0.264 e. The SMILES string of the molecule is CCC(C)NC(=O)C(Cc1ccccc1)N(Cc1ccccc1)C(=O)CN(c1cc(Cl)cc(Cl)c1)S(=O)(=O)c1ccc(C)cc1. The zero-order chi connectivity index (χ0) is 32.6. The van der Waals surface area contributed by atoms with Crippen LogP contribution in [-0.2, 0) is 32.6 Å². The summed E-state index contributed by atoms with van der Waals surface area (Å²) < 4.78 is 29.3. The Morgan fingerprint density at radius 3 is 1.93 bits per heavy atom. The van der Waals surface area contributed by atoms with E-state index < -0.39 is 28.5 Å². The molecule has 0 aliphatic carbocycles. The molecule has 236 valence electrons. The third-order valence-corrected chi connectivity index (χ3v) is 9.72. The van der Waals surface area contributed by atoms with Crippen molar-refractivity contribution in [1.29, 1.82) is 0 Å². The highest BCUT2D eigenvalue weighted by Crippen LogP contribution is 2.30. The molecule has 1 N–H and O–H groups in total. The monoisotopic (exact) mass is 665 g/mol. The molecule has 0 aliphatic rings. The fourth-order valence-corrected chi connectivity index (χ4v) is 6.74. The van der Waals surface area contributed by atoms with Crippen LogP contribution in [0.15, 0.2) is 108 Å². The summed E-state index contributed by atoms with van der Waals surface area (Å²) in [6.07, 6.45) is 0.934. The molecule has 4 rings (SSSR count). The van der Waals surface area contributed by atoms with E-state index in [1.54, 1.807) is 12.1 Å². The summed E-state index contributed by atoms with van der Waals surface area (Å²) >= 11 is 12.6. The summed E-state index contributed by atoms with van der Waals surface area (Å²) in [5.41, 5.74) is 2.66. The van der Waals surface area contributed by atoms with E-state index in [4.69, 9.17) is 23.2 Å². The molecule has 0 fully saturated rings. The van der Waals surface area contributed by atoms with Gasteiger partial charge >= 0.3 is 0 Å². The molecule has 4 aromatic rings. The Morgan fingerprint density at radius 2 is 1.38 bits per heavy atom. The molecule has 0 bridgehead atoms.